The first kappa shape index (κ1) is 19.2. The number of carbonyl (C=O) groups excluding carboxylic acids is 1. The molecule has 0 aliphatic carbocycles. The molecule has 0 atom stereocenters. The van der Waals surface area contributed by atoms with E-state index in [0.29, 0.717) is 30.3 Å². The molecule has 0 aromatic heterocycles. The zero-order valence-electron chi connectivity index (χ0n) is 15.0. The topological polar surface area (TPSA) is 78.7 Å². The number of aryl methyl sites for hydroxylation is 1. The molecule has 2 aromatic carbocycles. The van der Waals surface area contributed by atoms with E-state index in [4.69, 9.17) is 9.47 Å². The Bertz CT molecular complexity index is 842. The lowest BCUT2D eigenvalue weighted by atomic mass is 10.1. The fourth-order valence-electron chi connectivity index (χ4n) is 2.40. The first-order valence-electron chi connectivity index (χ1n) is 8.33. The van der Waals surface area contributed by atoms with Crippen molar-refractivity contribution < 1.29 is 19.2 Å². The number of benzene rings is 2. The number of nitro benzene ring substituents is 1. The van der Waals surface area contributed by atoms with Crippen LogP contribution in [0.3, 0.4) is 0 Å². The third kappa shape index (κ3) is 4.69. The Morgan fingerprint density at radius 1 is 1.08 bits per heavy atom. The molecule has 0 amide bonds. The molecule has 0 bridgehead atoms. The van der Waals surface area contributed by atoms with Gasteiger partial charge in [-0.3, -0.25) is 14.9 Å². The Hall–Kier alpha value is -3.15. The van der Waals surface area contributed by atoms with Crippen LogP contribution in [0, 0.1) is 17.0 Å². The Morgan fingerprint density at radius 2 is 1.77 bits per heavy atom. The maximum atomic E-state index is 12.3. The Kier molecular flexibility index (Phi) is 6.49. The third-order valence-electron chi connectivity index (χ3n) is 3.68. The second-order valence-electron chi connectivity index (χ2n) is 5.53. The molecule has 26 heavy (non-hydrogen) atoms. The first-order valence-corrected chi connectivity index (χ1v) is 8.33. The van der Waals surface area contributed by atoms with E-state index >= 15 is 0 Å². The van der Waals surface area contributed by atoms with Crippen LogP contribution in [0.4, 0.5) is 5.69 Å². The number of carbonyl (C=O) groups is 1. The van der Waals surface area contributed by atoms with E-state index in [1.165, 1.54) is 12.1 Å². The summed E-state index contributed by atoms with van der Waals surface area (Å²) in [5.41, 5.74) is 1.49. The van der Waals surface area contributed by atoms with E-state index in [9.17, 15) is 14.9 Å². The van der Waals surface area contributed by atoms with Crippen LogP contribution in [0.1, 0.15) is 35.3 Å². The second kappa shape index (κ2) is 8.80. The number of nitro groups is 1. The molecular formula is C20H21NO5. The van der Waals surface area contributed by atoms with E-state index < -0.39 is 4.92 Å². The van der Waals surface area contributed by atoms with Crippen LogP contribution in [0.15, 0.2) is 42.5 Å². The largest absolute Gasteiger partial charge is 0.490 e. The maximum absolute atomic E-state index is 12.3. The molecule has 2 rings (SSSR count). The number of nitrogens with zero attached hydrogens (tertiary/aromatic N) is 1. The molecule has 0 heterocycles. The summed E-state index contributed by atoms with van der Waals surface area (Å²) in [5, 5.41) is 11.0. The van der Waals surface area contributed by atoms with Crippen molar-refractivity contribution in [2.24, 2.45) is 0 Å². The van der Waals surface area contributed by atoms with Crippen LogP contribution in [0.5, 0.6) is 11.5 Å². The molecule has 6 heteroatoms. The second-order valence-corrected chi connectivity index (χ2v) is 5.53. The van der Waals surface area contributed by atoms with Gasteiger partial charge in [0.2, 0.25) is 0 Å². The summed E-state index contributed by atoms with van der Waals surface area (Å²) < 4.78 is 11.1. The first-order chi connectivity index (χ1) is 12.5. The van der Waals surface area contributed by atoms with Gasteiger partial charge in [-0.2, -0.15) is 0 Å². The van der Waals surface area contributed by atoms with E-state index in [0.717, 1.165) is 5.56 Å². The van der Waals surface area contributed by atoms with E-state index in [2.05, 4.69) is 0 Å². The standard InChI is InChI=1S/C20H21NO5/c1-4-25-19-11-8-15(12-20(19)26-5-2)7-10-18(22)16-9-6-14(3)17(13-16)21(23)24/h6-13H,4-5H2,1-3H3/b10-7+. The van der Waals surface area contributed by atoms with Gasteiger partial charge in [0.1, 0.15) is 0 Å². The fourth-order valence-corrected chi connectivity index (χ4v) is 2.40. The highest BCUT2D eigenvalue weighted by Gasteiger charge is 2.13. The molecule has 0 fully saturated rings. The van der Waals surface area contributed by atoms with Crippen LogP contribution in [-0.4, -0.2) is 23.9 Å². The maximum Gasteiger partial charge on any atom is 0.273 e. The molecule has 0 aliphatic heterocycles. The van der Waals surface area contributed by atoms with E-state index in [-0.39, 0.29) is 17.0 Å². The summed E-state index contributed by atoms with van der Waals surface area (Å²) in [6.07, 6.45) is 3.03. The lowest BCUT2D eigenvalue weighted by molar-refractivity contribution is -0.385. The molecule has 0 saturated heterocycles. The zero-order valence-corrected chi connectivity index (χ0v) is 15.0. The van der Waals surface area contributed by atoms with Gasteiger partial charge in [-0.25, -0.2) is 0 Å². The van der Waals surface area contributed by atoms with Gasteiger partial charge in [0, 0.05) is 17.2 Å². The number of rotatable bonds is 8. The van der Waals surface area contributed by atoms with Crippen LogP contribution in [0.25, 0.3) is 6.08 Å². The summed E-state index contributed by atoms with van der Waals surface area (Å²) in [4.78, 5) is 22.8. The van der Waals surface area contributed by atoms with Gasteiger partial charge in [0.25, 0.3) is 5.69 Å². The molecule has 0 aliphatic rings. The smallest absolute Gasteiger partial charge is 0.273 e. The molecule has 0 radical (unpaired) electrons. The van der Waals surface area contributed by atoms with Crippen molar-refractivity contribution in [3.05, 3.63) is 69.3 Å². The van der Waals surface area contributed by atoms with Crippen molar-refractivity contribution in [2.45, 2.75) is 20.8 Å². The van der Waals surface area contributed by atoms with Crippen LogP contribution >= 0.6 is 0 Å². The molecule has 0 N–H and O–H groups in total. The highest BCUT2D eigenvalue weighted by molar-refractivity contribution is 6.07. The average molecular weight is 355 g/mol. The third-order valence-corrected chi connectivity index (χ3v) is 3.68. The van der Waals surface area contributed by atoms with Crippen molar-refractivity contribution in [1.82, 2.24) is 0 Å². The minimum atomic E-state index is -0.489. The predicted octanol–water partition coefficient (Wildman–Crippen LogP) is 4.60. The average Bonchev–Trinajstić information content (AvgIpc) is 2.62. The number of ether oxygens (including phenoxy) is 2. The van der Waals surface area contributed by atoms with Crippen molar-refractivity contribution in [3.8, 4) is 11.5 Å². The molecule has 136 valence electrons. The van der Waals surface area contributed by atoms with Crippen LogP contribution < -0.4 is 9.47 Å². The van der Waals surface area contributed by atoms with Gasteiger partial charge >= 0.3 is 0 Å². The van der Waals surface area contributed by atoms with Gasteiger partial charge in [-0.15, -0.1) is 0 Å². The monoisotopic (exact) mass is 355 g/mol. The summed E-state index contributed by atoms with van der Waals surface area (Å²) in [6.45, 7) is 6.44. The van der Waals surface area contributed by atoms with Crippen molar-refractivity contribution in [2.75, 3.05) is 13.2 Å². The summed E-state index contributed by atoms with van der Waals surface area (Å²) in [5.74, 6) is 0.946. The zero-order chi connectivity index (χ0) is 19.1. The van der Waals surface area contributed by atoms with Crippen molar-refractivity contribution in [1.29, 1.82) is 0 Å². The highest BCUT2D eigenvalue weighted by atomic mass is 16.6. The lowest BCUT2D eigenvalue weighted by Crippen LogP contribution is -1.99. The van der Waals surface area contributed by atoms with Gasteiger partial charge in [0.05, 0.1) is 18.1 Å². The highest BCUT2D eigenvalue weighted by Crippen LogP contribution is 2.29. The van der Waals surface area contributed by atoms with Crippen LogP contribution in [0.2, 0.25) is 0 Å². The molecular weight excluding hydrogens is 334 g/mol. The lowest BCUT2D eigenvalue weighted by Gasteiger charge is -2.11. The van der Waals surface area contributed by atoms with E-state index in [1.54, 1.807) is 37.3 Å². The predicted molar refractivity (Wildman–Crippen MR) is 100.0 cm³/mol. The summed E-state index contributed by atoms with van der Waals surface area (Å²) in [7, 11) is 0. The fraction of sp³-hybridized carbons (Fsp3) is 0.250. The van der Waals surface area contributed by atoms with Crippen molar-refractivity contribution in [3.63, 3.8) is 0 Å². The number of ketones is 1. The minimum absolute atomic E-state index is 0.0658. The van der Waals surface area contributed by atoms with Gasteiger partial charge < -0.3 is 9.47 Å². The van der Waals surface area contributed by atoms with Gasteiger partial charge in [-0.05, 0) is 44.5 Å². The molecule has 0 saturated carbocycles. The molecule has 6 nitrogen and oxygen atoms in total. The molecule has 0 spiro atoms. The van der Waals surface area contributed by atoms with Gasteiger partial charge in [0.15, 0.2) is 17.3 Å². The Balaban J connectivity index is 2.23. The summed E-state index contributed by atoms with van der Waals surface area (Å²) >= 11 is 0. The normalized spacial score (nSPS) is 10.7. The molecule has 0 unspecified atom stereocenters. The SMILES string of the molecule is CCOc1ccc(/C=C/C(=O)c2ccc(C)c([N+](=O)[O-])c2)cc1OCC. The van der Waals surface area contributed by atoms with E-state index in [1.807, 2.05) is 19.9 Å². The quantitative estimate of drug-likeness (QED) is 0.299. The van der Waals surface area contributed by atoms with Crippen molar-refractivity contribution >= 4 is 17.5 Å². The Labute approximate surface area is 152 Å². The number of allylic oxidation sites excluding steroid dienone is 1. The van der Waals surface area contributed by atoms with Crippen LogP contribution in [-0.2, 0) is 0 Å². The summed E-state index contributed by atoms with van der Waals surface area (Å²) in [6, 6.07) is 9.84. The number of hydrogen-bond donors (Lipinski definition) is 0. The Morgan fingerprint density at radius 3 is 2.42 bits per heavy atom. The minimum Gasteiger partial charge on any atom is -0.490 e. The number of hydrogen-bond acceptors (Lipinski definition) is 5. The molecule has 2 aromatic rings. The van der Waals surface area contributed by atoms with Gasteiger partial charge in [-0.1, -0.05) is 24.3 Å².